The van der Waals surface area contributed by atoms with Gasteiger partial charge in [-0.15, -0.1) is 0 Å². The molecule has 0 saturated heterocycles. The Bertz CT molecular complexity index is 1200. The minimum atomic E-state index is -0.365. The van der Waals surface area contributed by atoms with Gasteiger partial charge in [-0.3, -0.25) is 9.36 Å². The maximum atomic E-state index is 14.0. The molecule has 0 aliphatic heterocycles. The average Bonchev–Trinajstić information content (AvgIpc) is 3.36. The van der Waals surface area contributed by atoms with Crippen LogP contribution < -0.4 is 10.6 Å². The number of benzene rings is 2. The summed E-state index contributed by atoms with van der Waals surface area (Å²) in [6.07, 6.45) is 5.24. The summed E-state index contributed by atoms with van der Waals surface area (Å²) in [6.45, 7) is 2.98. The summed E-state index contributed by atoms with van der Waals surface area (Å²) in [5.41, 5.74) is 3.49. The van der Waals surface area contributed by atoms with Crippen LogP contribution in [-0.2, 0) is 13.1 Å². The highest BCUT2D eigenvalue weighted by molar-refractivity contribution is 7.80. The van der Waals surface area contributed by atoms with Gasteiger partial charge in [-0.1, -0.05) is 41.9 Å². The Kier molecular flexibility index (Phi) is 6.29. The molecule has 0 unspecified atom stereocenters. The lowest BCUT2D eigenvalue weighted by Gasteiger charge is -2.08. The first-order valence-electron chi connectivity index (χ1n) is 9.59. The Labute approximate surface area is 189 Å². The molecule has 0 saturated carbocycles. The smallest absolute Gasteiger partial charge is 0.176 e. The second kappa shape index (κ2) is 9.28. The van der Waals surface area contributed by atoms with E-state index < -0.39 is 0 Å². The zero-order valence-electron chi connectivity index (χ0n) is 16.7. The SMILES string of the molecule is Cc1ccccc1Cn1ccc(NC(=S)Nc2cnn(Cc3c(F)cccc3Cl)c2)n1. The number of hydrogen-bond donors (Lipinski definition) is 2. The van der Waals surface area contributed by atoms with Crippen LogP contribution in [0.5, 0.6) is 0 Å². The number of nitrogens with one attached hydrogen (secondary N) is 2. The molecule has 2 aromatic carbocycles. The van der Waals surface area contributed by atoms with Crippen LogP contribution in [0, 0.1) is 12.7 Å². The van der Waals surface area contributed by atoms with E-state index >= 15 is 0 Å². The Morgan fingerprint density at radius 1 is 1.06 bits per heavy atom. The quantitative estimate of drug-likeness (QED) is 0.397. The van der Waals surface area contributed by atoms with Gasteiger partial charge in [0.25, 0.3) is 0 Å². The third kappa shape index (κ3) is 5.28. The lowest BCUT2D eigenvalue weighted by Crippen LogP contribution is -2.19. The van der Waals surface area contributed by atoms with E-state index in [2.05, 4.69) is 39.9 Å². The van der Waals surface area contributed by atoms with Crippen LogP contribution in [0.4, 0.5) is 15.9 Å². The van der Waals surface area contributed by atoms with Crippen LogP contribution in [0.25, 0.3) is 0 Å². The molecular weight excluding hydrogens is 435 g/mol. The number of halogens is 2. The van der Waals surface area contributed by atoms with E-state index in [9.17, 15) is 4.39 Å². The Hall–Kier alpha value is -3.23. The van der Waals surface area contributed by atoms with Gasteiger partial charge in [0.05, 0.1) is 25.0 Å². The summed E-state index contributed by atoms with van der Waals surface area (Å²) >= 11 is 11.5. The molecule has 4 rings (SSSR count). The predicted molar refractivity (Wildman–Crippen MR) is 125 cm³/mol. The molecule has 0 atom stereocenters. The van der Waals surface area contributed by atoms with Crippen molar-refractivity contribution in [3.05, 3.63) is 94.7 Å². The van der Waals surface area contributed by atoms with Gasteiger partial charge in [0.1, 0.15) is 5.82 Å². The summed E-state index contributed by atoms with van der Waals surface area (Å²) in [6, 6.07) is 14.7. The fourth-order valence-electron chi connectivity index (χ4n) is 3.12. The van der Waals surface area contributed by atoms with Crippen LogP contribution in [-0.4, -0.2) is 24.7 Å². The van der Waals surface area contributed by atoms with Crippen molar-refractivity contribution in [3.8, 4) is 0 Å². The van der Waals surface area contributed by atoms with Gasteiger partial charge in [-0.2, -0.15) is 10.2 Å². The van der Waals surface area contributed by atoms with Crippen LogP contribution in [0.3, 0.4) is 0 Å². The van der Waals surface area contributed by atoms with Gasteiger partial charge in [-0.25, -0.2) is 4.39 Å². The monoisotopic (exact) mass is 454 g/mol. The van der Waals surface area contributed by atoms with Crippen LogP contribution >= 0.6 is 23.8 Å². The predicted octanol–water partition coefficient (Wildman–Crippen LogP) is 5.09. The van der Waals surface area contributed by atoms with Gasteiger partial charge in [0.2, 0.25) is 0 Å². The zero-order chi connectivity index (χ0) is 21.8. The first-order valence-corrected chi connectivity index (χ1v) is 10.4. The summed E-state index contributed by atoms with van der Waals surface area (Å²) in [7, 11) is 0. The molecule has 4 aromatic rings. The topological polar surface area (TPSA) is 59.7 Å². The highest BCUT2D eigenvalue weighted by Gasteiger charge is 2.10. The number of nitrogens with zero attached hydrogens (tertiary/aromatic N) is 4. The first kappa shape index (κ1) is 21.0. The van der Waals surface area contributed by atoms with Gasteiger partial charge < -0.3 is 10.6 Å². The van der Waals surface area contributed by atoms with E-state index in [1.165, 1.54) is 17.2 Å². The minimum Gasteiger partial charge on any atom is -0.330 e. The van der Waals surface area contributed by atoms with Crippen molar-refractivity contribution < 1.29 is 4.39 Å². The molecule has 0 fully saturated rings. The zero-order valence-corrected chi connectivity index (χ0v) is 18.3. The van der Waals surface area contributed by atoms with Crippen molar-refractivity contribution in [1.29, 1.82) is 0 Å². The lowest BCUT2D eigenvalue weighted by molar-refractivity contribution is 0.585. The van der Waals surface area contributed by atoms with E-state index in [-0.39, 0.29) is 12.4 Å². The molecule has 6 nitrogen and oxygen atoms in total. The molecule has 0 amide bonds. The largest absolute Gasteiger partial charge is 0.330 e. The molecule has 9 heteroatoms. The van der Waals surface area contributed by atoms with Gasteiger partial charge >= 0.3 is 0 Å². The second-order valence-corrected chi connectivity index (χ2v) is 7.85. The highest BCUT2D eigenvalue weighted by atomic mass is 35.5. The molecule has 0 aliphatic carbocycles. The highest BCUT2D eigenvalue weighted by Crippen LogP contribution is 2.20. The van der Waals surface area contributed by atoms with Crippen molar-refractivity contribution >= 4 is 40.4 Å². The molecule has 0 bridgehead atoms. The third-order valence-electron chi connectivity index (χ3n) is 4.75. The van der Waals surface area contributed by atoms with E-state index in [0.717, 1.165) is 0 Å². The number of thiocarbonyl (C=S) groups is 1. The van der Waals surface area contributed by atoms with Gasteiger partial charge in [-0.05, 0) is 42.4 Å². The summed E-state index contributed by atoms with van der Waals surface area (Å²) in [4.78, 5) is 0. The first-order chi connectivity index (χ1) is 15.0. The normalized spacial score (nSPS) is 10.8. The number of aryl methyl sites for hydroxylation is 1. The Morgan fingerprint density at radius 3 is 2.71 bits per heavy atom. The Morgan fingerprint density at radius 2 is 1.90 bits per heavy atom. The maximum Gasteiger partial charge on any atom is 0.176 e. The number of rotatable bonds is 6. The average molecular weight is 455 g/mol. The standard InChI is InChI=1S/C22H20ClFN6S/c1-15-5-2-3-6-16(15)12-29-10-9-21(28-29)27-22(31)26-17-11-25-30(13-17)14-18-19(23)7-4-8-20(18)24/h2-11,13H,12,14H2,1H3,(H2,26,27,28,31). The van der Waals surface area contributed by atoms with Crippen molar-refractivity contribution in [2.24, 2.45) is 0 Å². The van der Waals surface area contributed by atoms with Crippen molar-refractivity contribution in [1.82, 2.24) is 19.6 Å². The molecule has 2 heterocycles. The van der Waals surface area contributed by atoms with E-state index in [1.807, 2.05) is 29.1 Å². The van der Waals surface area contributed by atoms with Crippen molar-refractivity contribution in [3.63, 3.8) is 0 Å². The molecular formula is C22H20ClFN6S. The molecule has 0 spiro atoms. The molecule has 158 valence electrons. The van der Waals surface area contributed by atoms with E-state index in [1.54, 1.807) is 29.2 Å². The summed E-state index contributed by atoms with van der Waals surface area (Å²) in [5.74, 6) is 0.271. The van der Waals surface area contributed by atoms with Crippen LogP contribution in [0.15, 0.2) is 67.1 Å². The second-order valence-electron chi connectivity index (χ2n) is 7.03. The van der Waals surface area contributed by atoms with E-state index in [4.69, 9.17) is 23.8 Å². The summed E-state index contributed by atoms with van der Waals surface area (Å²) in [5, 5.41) is 15.6. The minimum absolute atomic E-state index is 0.219. The number of hydrogen-bond acceptors (Lipinski definition) is 3. The van der Waals surface area contributed by atoms with Crippen LogP contribution in [0.2, 0.25) is 5.02 Å². The molecule has 2 aromatic heterocycles. The van der Waals surface area contributed by atoms with Gasteiger partial charge in [0, 0.05) is 29.0 Å². The fourth-order valence-corrected chi connectivity index (χ4v) is 3.56. The van der Waals surface area contributed by atoms with Gasteiger partial charge in [0.15, 0.2) is 10.9 Å². The summed E-state index contributed by atoms with van der Waals surface area (Å²) < 4.78 is 17.4. The Balaban J connectivity index is 1.35. The molecule has 2 N–H and O–H groups in total. The van der Waals surface area contributed by atoms with Crippen LogP contribution in [0.1, 0.15) is 16.7 Å². The number of aromatic nitrogens is 4. The van der Waals surface area contributed by atoms with Crippen molar-refractivity contribution in [2.45, 2.75) is 20.0 Å². The molecule has 0 aliphatic rings. The maximum absolute atomic E-state index is 14.0. The number of anilines is 2. The lowest BCUT2D eigenvalue weighted by atomic mass is 10.1. The third-order valence-corrected chi connectivity index (χ3v) is 5.31. The molecule has 0 radical (unpaired) electrons. The van der Waals surface area contributed by atoms with E-state index in [0.29, 0.717) is 33.7 Å². The molecule has 31 heavy (non-hydrogen) atoms. The fraction of sp³-hybridized carbons (Fsp3) is 0.136. The van der Waals surface area contributed by atoms with Crippen molar-refractivity contribution in [2.75, 3.05) is 10.6 Å².